The van der Waals surface area contributed by atoms with Gasteiger partial charge in [-0.2, -0.15) is 5.26 Å². The average Bonchev–Trinajstić information content (AvgIpc) is 2.28. The Bertz CT molecular complexity index is 195. The smallest absolute Gasteiger partial charge is 0.0701 e. The van der Waals surface area contributed by atoms with E-state index in [1.54, 1.807) is 0 Å². The van der Waals surface area contributed by atoms with E-state index in [2.05, 4.69) is 11.0 Å². The highest BCUT2D eigenvalue weighted by molar-refractivity contribution is 4.75. The van der Waals surface area contributed by atoms with Crippen LogP contribution in [0.15, 0.2) is 0 Å². The molecule has 0 aromatic heterocycles. The number of aliphatic hydroxyl groups excluding tert-OH is 1. The van der Waals surface area contributed by atoms with Gasteiger partial charge in [-0.1, -0.05) is 0 Å². The average molecular weight is 212 g/mol. The lowest BCUT2D eigenvalue weighted by Gasteiger charge is -2.31. The van der Waals surface area contributed by atoms with Crippen molar-refractivity contribution in [3.8, 4) is 6.07 Å². The molecule has 1 aliphatic heterocycles. The molecular weight excluding hydrogens is 192 g/mol. The van der Waals surface area contributed by atoms with Crippen LogP contribution in [-0.2, 0) is 4.74 Å². The fraction of sp³-hybridized carbons (Fsp3) is 0.909. The molecule has 1 saturated heterocycles. The maximum atomic E-state index is 8.63. The molecule has 0 saturated carbocycles. The van der Waals surface area contributed by atoms with Gasteiger partial charge in [-0.05, 0) is 25.8 Å². The number of hydrogen-bond donors (Lipinski definition) is 1. The SMILES string of the molecule is N#CCCCN1CCC(OCCO)CC1. The molecule has 1 fully saturated rings. The minimum Gasteiger partial charge on any atom is -0.394 e. The van der Waals surface area contributed by atoms with Crippen LogP contribution in [0.1, 0.15) is 25.7 Å². The highest BCUT2D eigenvalue weighted by Gasteiger charge is 2.18. The van der Waals surface area contributed by atoms with Crippen molar-refractivity contribution in [1.82, 2.24) is 4.90 Å². The monoisotopic (exact) mass is 212 g/mol. The lowest BCUT2D eigenvalue weighted by Crippen LogP contribution is -2.37. The van der Waals surface area contributed by atoms with Gasteiger partial charge < -0.3 is 14.7 Å². The maximum absolute atomic E-state index is 8.63. The predicted octanol–water partition coefficient (Wildman–Crippen LogP) is 0.763. The Morgan fingerprint density at radius 3 is 2.73 bits per heavy atom. The third-order valence-electron chi connectivity index (χ3n) is 2.74. The zero-order chi connectivity index (χ0) is 10.9. The minimum atomic E-state index is 0.113. The van der Waals surface area contributed by atoms with Gasteiger partial charge in [0.05, 0.1) is 25.4 Å². The molecule has 1 aliphatic rings. The van der Waals surface area contributed by atoms with E-state index in [0.717, 1.165) is 38.9 Å². The zero-order valence-corrected chi connectivity index (χ0v) is 9.19. The quantitative estimate of drug-likeness (QED) is 0.660. The molecule has 15 heavy (non-hydrogen) atoms. The summed E-state index contributed by atoms with van der Waals surface area (Å²) in [6.45, 7) is 3.71. The first-order valence-electron chi connectivity index (χ1n) is 5.68. The summed E-state index contributed by atoms with van der Waals surface area (Å²) in [6.07, 6.45) is 4.04. The van der Waals surface area contributed by atoms with Crippen LogP contribution in [-0.4, -0.2) is 49.0 Å². The summed E-state index contributed by atoms with van der Waals surface area (Å²) in [4.78, 5) is 2.39. The summed E-state index contributed by atoms with van der Waals surface area (Å²) >= 11 is 0. The lowest BCUT2D eigenvalue weighted by molar-refractivity contribution is -0.00774. The van der Waals surface area contributed by atoms with Crippen LogP contribution < -0.4 is 0 Å². The van der Waals surface area contributed by atoms with E-state index in [0.29, 0.717) is 19.1 Å². The maximum Gasteiger partial charge on any atom is 0.0701 e. The van der Waals surface area contributed by atoms with Crippen LogP contribution >= 0.6 is 0 Å². The molecule has 0 unspecified atom stereocenters. The second kappa shape index (κ2) is 7.63. The molecule has 4 heteroatoms. The van der Waals surface area contributed by atoms with Crippen LogP contribution in [0, 0.1) is 11.3 Å². The molecule has 0 aromatic carbocycles. The second-order valence-corrected chi connectivity index (χ2v) is 3.90. The summed E-state index contributed by atoms with van der Waals surface area (Å²) in [6, 6.07) is 2.16. The Balaban J connectivity index is 2.05. The Labute approximate surface area is 91.4 Å². The molecule has 0 radical (unpaired) electrons. The number of nitrogens with zero attached hydrogens (tertiary/aromatic N) is 2. The van der Waals surface area contributed by atoms with Crippen molar-refractivity contribution in [2.45, 2.75) is 31.8 Å². The number of likely N-dealkylation sites (tertiary alicyclic amines) is 1. The van der Waals surface area contributed by atoms with E-state index in [4.69, 9.17) is 15.1 Å². The number of nitriles is 1. The van der Waals surface area contributed by atoms with Gasteiger partial charge in [0.1, 0.15) is 0 Å². The highest BCUT2D eigenvalue weighted by atomic mass is 16.5. The zero-order valence-electron chi connectivity index (χ0n) is 9.19. The van der Waals surface area contributed by atoms with Crippen LogP contribution in [0.25, 0.3) is 0 Å². The number of hydrogen-bond acceptors (Lipinski definition) is 4. The fourth-order valence-corrected chi connectivity index (χ4v) is 1.90. The molecule has 1 rings (SSSR count). The Kier molecular flexibility index (Phi) is 6.33. The third kappa shape index (κ3) is 5.12. The Hall–Kier alpha value is -0.630. The van der Waals surface area contributed by atoms with Crippen LogP contribution in [0.4, 0.5) is 0 Å². The first-order chi connectivity index (χ1) is 7.36. The molecule has 1 N–H and O–H groups in total. The van der Waals surface area contributed by atoms with Crippen LogP contribution in [0.5, 0.6) is 0 Å². The van der Waals surface area contributed by atoms with Crippen molar-refractivity contribution in [3.05, 3.63) is 0 Å². The summed E-state index contributed by atoms with van der Waals surface area (Å²) in [5.74, 6) is 0. The standard InChI is InChI=1S/C11H20N2O2/c12-5-1-2-6-13-7-3-11(4-8-13)15-10-9-14/h11,14H,1-4,6-10H2. The molecule has 4 nitrogen and oxygen atoms in total. The number of piperidine rings is 1. The van der Waals surface area contributed by atoms with Gasteiger partial charge in [-0.25, -0.2) is 0 Å². The number of aliphatic hydroxyl groups is 1. The largest absolute Gasteiger partial charge is 0.394 e. The van der Waals surface area contributed by atoms with E-state index >= 15 is 0 Å². The molecular formula is C11H20N2O2. The van der Waals surface area contributed by atoms with Gasteiger partial charge in [0.15, 0.2) is 0 Å². The van der Waals surface area contributed by atoms with Crippen molar-refractivity contribution in [3.63, 3.8) is 0 Å². The molecule has 0 aromatic rings. The third-order valence-corrected chi connectivity index (χ3v) is 2.74. The molecule has 0 amide bonds. The first-order valence-corrected chi connectivity index (χ1v) is 5.68. The molecule has 0 atom stereocenters. The van der Waals surface area contributed by atoms with Crippen LogP contribution in [0.2, 0.25) is 0 Å². The summed E-state index contributed by atoms with van der Waals surface area (Å²) < 4.78 is 5.48. The van der Waals surface area contributed by atoms with E-state index in [1.807, 2.05) is 0 Å². The Morgan fingerprint density at radius 1 is 1.40 bits per heavy atom. The van der Waals surface area contributed by atoms with Gasteiger partial charge in [0, 0.05) is 19.5 Å². The van der Waals surface area contributed by atoms with E-state index in [-0.39, 0.29) is 6.61 Å². The van der Waals surface area contributed by atoms with Gasteiger partial charge >= 0.3 is 0 Å². The molecule has 0 bridgehead atoms. The normalized spacial score (nSPS) is 18.9. The van der Waals surface area contributed by atoms with Crippen molar-refractivity contribution in [2.75, 3.05) is 32.8 Å². The van der Waals surface area contributed by atoms with Gasteiger partial charge in [0.25, 0.3) is 0 Å². The van der Waals surface area contributed by atoms with Gasteiger partial charge in [-0.15, -0.1) is 0 Å². The number of unbranched alkanes of at least 4 members (excludes halogenated alkanes) is 1. The molecule has 0 spiro atoms. The molecule has 86 valence electrons. The minimum absolute atomic E-state index is 0.113. The van der Waals surface area contributed by atoms with Crippen LogP contribution in [0.3, 0.4) is 0 Å². The lowest BCUT2D eigenvalue weighted by atomic mass is 10.1. The number of rotatable bonds is 6. The Morgan fingerprint density at radius 2 is 2.13 bits per heavy atom. The highest BCUT2D eigenvalue weighted by Crippen LogP contribution is 2.13. The van der Waals surface area contributed by atoms with Gasteiger partial charge in [0.2, 0.25) is 0 Å². The van der Waals surface area contributed by atoms with Gasteiger partial charge in [-0.3, -0.25) is 0 Å². The van der Waals surface area contributed by atoms with E-state index in [1.165, 1.54) is 0 Å². The van der Waals surface area contributed by atoms with Crippen molar-refractivity contribution in [2.24, 2.45) is 0 Å². The molecule has 0 aliphatic carbocycles. The number of ether oxygens (including phenoxy) is 1. The first kappa shape index (κ1) is 12.4. The summed E-state index contributed by atoms with van der Waals surface area (Å²) in [5, 5.41) is 17.0. The van der Waals surface area contributed by atoms with Crippen molar-refractivity contribution < 1.29 is 9.84 Å². The summed E-state index contributed by atoms with van der Waals surface area (Å²) in [7, 11) is 0. The van der Waals surface area contributed by atoms with Crippen molar-refractivity contribution in [1.29, 1.82) is 5.26 Å². The van der Waals surface area contributed by atoms with Crippen molar-refractivity contribution >= 4 is 0 Å². The van der Waals surface area contributed by atoms with E-state index in [9.17, 15) is 0 Å². The topological polar surface area (TPSA) is 56.5 Å². The summed E-state index contributed by atoms with van der Waals surface area (Å²) in [5.41, 5.74) is 0. The second-order valence-electron chi connectivity index (χ2n) is 3.90. The fourth-order valence-electron chi connectivity index (χ4n) is 1.90. The molecule has 1 heterocycles. The predicted molar refractivity (Wildman–Crippen MR) is 57.3 cm³/mol. The van der Waals surface area contributed by atoms with E-state index < -0.39 is 0 Å².